The molecule has 6 rings (SSSR count). The molecule has 2 heterocycles. The second kappa shape index (κ2) is 10.5. The summed E-state index contributed by atoms with van der Waals surface area (Å²) < 4.78 is 22.1. The second-order valence-corrected chi connectivity index (χ2v) is 8.65. The number of phenols is 2. The van der Waals surface area contributed by atoms with Crippen LogP contribution in [-0.2, 0) is 0 Å². The van der Waals surface area contributed by atoms with Gasteiger partial charge in [-0.2, -0.15) is 0 Å². The number of benzene rings is 4. The second-order valence-electron chi connectivity index (χ2n) is 8.65. The van der Waals surface area contributed by atoms with Gasteiger partial charge < -0.3 is 28.7 Å². The zero-order valence-electron chi connectivity index (χ0n) is 20.5. The fraction of sp³-hybridized carbons (Fsp3) is 0.0323. The largest absolute Gasteiger partial charge is 0.507 e. The fourth-order valence-corrected chi connectivity index (χ4v) is 4.08. The summed E-state index contributed by atoms with van der Waals surface area (Å²) in [6, 6.07) is 32.5. The van der Waals surface area contributed by atoms with E-state index in [2.05, 4.69) is 10.3 Å². The quantitative estimate of drug-likeness (QED) is 0.204. The number of aromatic nitrogens is 2. The van der Waals surface area contributed by atoms with E-state index in [4.69, 9.17) is 18.5 Å². The zero-order chi connectivity index (χ0) is 26.6. The van der Waals surface area contributed by atoms with E-state index in [1.54, 1.807) is 36.4 Å². The van der Waals surface area contributed by atoms with Crippen LogP contribution in [0.1, 0.15) is 0 Å². The Morgan fingerprint density at radius 1 is 0.538 bits per heavy atom. The predicted molar refractivity (Wildman–Crippen MR) is 144 cm³/mol. The third kappa shape index (κ3) is 5.17. The molecule has 0 atom stereocenters. The van der Waals surface area contributed by atoms with Crippen LogP contribution in [0.4, 0.5) is 0 Å². The van der Waals surface area contributed by atoms with Crippen molar-refractivity contribution in [2.24, 2.45) is 0 Å². The van der Waals surface area contributed by atoms with Gasteiger partial charge in [0.05, 0.1) is 0 Å². The summed E-state index contributed by atoms with van der Waals surface area (Å²) in [6.07, 6.45) is 0. The minimum Gasteiger partial charge on any atom is -0.507 e. The minimum absolute atomic E-state index is 0.00936. The predicted octanol–water partition coefficient (Wildman–Crippen LogP) is 7.16. The van der Waals surface area contributed by atoms with E-state index >= 15 is 0 Å². The Morgan fingerprint density at radius 3 is 1.38 bits per heavy atom. The van der Waals surface area contributed by atoms with Crippen LogP contribution >= 0.6 is 0 Å². The van der Waals surface area contributed by atoms with Crippen LogP contribution in [0.15, 0.2) is 118 Å². The van der Waals surface area contributed by atoms with Crippen LogP contribution in [0.3, 0.4) is 0 Å². The summed E-state index contributed by atoms with van der Waals surface area (Å²) in [5.41, 5.74) is 3.83. The molecule has 6 aromatic rings. The Bertz CT molecular complexity index is 1580. The lowest BCUT2D eigenvalue weighted by Gasteiger charge is -2.11. The number of hydrogen-bond donors (Lipinski definition) is 2. The topological polar surface area (TPSA) is 111 Å². The van der Waals surface area contributed by atoms with E-state index in [0.717, 1.165) is 11.1 Å². The lowest BCUT2D eigenvalue weighted by molar-refractivity contribution is 0.119. The van der Waals surface area contributed by atoms with E-state index in [9.17, 15) is 10.2 Å². The Balaban J connectivity index is 1.08. The van der Waals surface area contributed by atoms with Gasteiger partial charge in [0.1, 0.15) is 34.4 Å². The maximum absolute atomic E-state index is 10.5. The molecule has 192 valence electrons. The molecule has 0 spiro atoms. The first-order valence-electron chi connectivity index (χ1n) is 12.1. The molecule has 0 radical (unpaired) electrons. The zero-order valence-corrected chi connectivity index (χ0v) is 20.5. The molecule has 0 unspecified atom stereocenters. The summed E-state index contributed by atoms with van der Waals surface area (Å²) in [5, 5.41) is 29.2. The van der Waals surface area contributed by atoms with Crippen LogP contribution < -0.4 is 9.47 Å². The minimum atomic E-state index is -0.137. The summed E-state index contributed by atoms with van der Waals surface area (Å²) in [7, 11) is 0. The van der Waals surface area contributed by atoms with E-state index in [1.165, 1.54) is 12.1 Å². The van der Waals surface area contributed by atoms with Gasteiger partial charge in [-0.1, -0.05) is 71.0 Å². The molecule has 8 nitrogen and oxygen atoms in total. The Morgan fingerprint density at radius 2 is 0.974 bits per heavy atom. The summed E-state index contributed by atoms with van der Waals surface area (Å²) in [6.45, 7) is -0.137. The molecule has 2 N–H and O–H groups in total. The lowest BCUT2D eigenvalue weighted by Crippen LogP contribution is -2.05. The van der Waals surface area contributed by atoms with Crippen LogP contribution in [0.5, 0.6) is 23.0 Å². The summed E-state index contributed by atoms with van der Waals surface area (Å²) in [5.74, 6) is 2.00. The Kier molecular flexibility index (Phi) is 6.41. The number of nitrogens with zero attached hydrogens (tertiary/aromatic N) is 2. The van der Waals surface area contributed by atoms with Crippen molar-refractivity contribution in [3.63, 3.8) is 0 Å². The van der Waals surface area contributed by atoms with Gasteiger partial charge in [0, 0.05) is 46.5 Å². The van der Waals surface area contributed by atoms with Gasteiger partial charge in [0.15, 0.2) is 11.5 Å². The summed E-state index contributed by atoms with van der Waals surface area (Å²) >= 11 is 0. The van der Waals surface area contributed by atoms with Crippen LogP contribution in [0.25, 0.3) is 45.2 Å². The molecule has 0 saturated heterocycles. The maximum Gasteiger partial charge on any atom is 0.230 e. The first-order valence-corrected chi connectivity index (χ1v) is 12.1. The standard InChI is InChI=1S/C31H22N2O6/c34-28-15-22(11-13-24(28)26-17-30(38-32-26)20-7-3-1-4-8-20)36-19-37-23-12-14-25(29(35)16-23)27-18-31(39-33-27)21-9-5-2-6-10-21/h1-18,34-35H,19H2. The molecule has 0 amide bonds. The van der Waals surface area contributed by atoms with E-state index in [-0.39, 0.29) is 18.3 Å². The first-order chi connectivity index (χ1) is 19.1. The van der Waals surface area contributed by atoms with Gasteiger partial charge in [-0.3, -0.25) is 0 Å². The normalized spacial score (nSPS) is 10.9. The van der Waals surface area contributed by atoms with E-state index in [0.29, 0.717) is 45.5 Å². The summed E-state index contributed by atoms with van der Waals surface area (Å²) in [4.78, 5) is 0. The molecule has 0 aliphatic carbocycles. The molecule has 0 saturated carbocycles. The molecule has 0 aliphatic rings. The van der Waals surface area contributed by atoms with Gasteiger partial charge >= 0.3 is 0 Å². The molecular formula is C31H22N2O6. The van der Waals surface area contributed by atoms with Gasteiger partial charge in [0.25, 0.3) is 0 Å². The SMILES string of the molecule is Oc1cc(OCOc2ccc(-c3cc(-c4ccccc4)on3)c(O)c2)ccc1-c1cc(-c2ccccc2)on1. The third-order valence-corrected chi connectivity index (χ3v) is 6.08. The number of phenolic OH excluding ortho intramolecular Hbond substituents is 2. The molecule has 2 aromatic heterocycles. The smallest absolute Gasteiger partial charge is 0.230 e. The first kappa shape index (κ1) is 23.9. The van der Waals surface area contributed by atoms with Crippen molar-refractivity contribution in [2.45, 2.75) is 0 Å². The highest BCUT2D eigenvalue weighted by Gasteiger charge is 2.14. The molecule has 39 heavy (non-hydrogen) atoms. The molecular weight excluding hydrogens is 496 g/mol. The Labute approximate surface area is 223 Å². The van der Waals surface area contributed by atoms with Gasteiger partial charge in [0.2, 0.25) is 6.79 Å². The highest BCUT2D eigenvalue weighted by Crippen LogP contribution is 2.35. The van der Waals surface area contributed by atoms with Crippen LogP contribution in [0.2, 0.25) is 0 Å². The molecule has 8 heteroatoms. The van der Waals surface area contributed by atoms with Gasteiger partial charge in [-0.05, 0) is 24.3 Å². The highest BCUT2D eigenvalue weighted by molar-refractivity contribution is 5.73. The van der Waals surface area contributed by atoms with Crippen molar-refractivity contribution in [3.05, 3.63) is 109 Å². The highest BCUT2D eigenvalue weighted by atomic mass is 16.7. The third-order valence-electron chi connectivity index (χ3n) is 6.08. The van der Waals surface area contributed by atoms with Crippen molar-refractivity contribution >= 4 is 0 Å². The van der Waals surface area contributed by atoms with E-state index in [1.807, 2.05) is 60.7 Å². The van der Waals surface area contributed by atoms with Crippen molar-refractivity contribution in [1.29, 1.82) is 0 Å². The average Bonchev–Trinajstić information content (AvgIpc) is 3.65. The van der Waals surface area contributed by atoms with Gasteiger partial charge in [-0.25, -0.2) is 0 Å². The number of ether oxygens (including phenoxy) is 2. The number of hydrogen-bond acceptors (Lipinski definition) is 8. The van der Waals surface area contributed by atoms with Gasteiger partial charge in [-0.15, -0.1) is 0 Å². The Hall–Kier alpha value is -5.50. The fourth-order valence-electron chi connectivity index (χ4n) is 4.08. The van der Waals surface area contributed by atoms with Crippen molar-refractivity contribution in [3.8, 4) is 68.2 Å². The number of rotatable bonds is 8. The monoisotopic (exact) mass is 518 g/mol. The molecule has 0 fully saturated rings. The maximum atomic E-state index is 10.5. The van der Waals surface area contributed by atoms with Crippen molar-refractivity contribution in [1.82, 2.24) is 10.3 Å². The van der Waals surface area contributed by atoms with Crippen LogP contribution in [0, 0.1) is 0 Å². The molecule has 4 aromatic carbocycles. The molecule has 0 aliphatic heterocycles. The van der Waals surface area contributed by atoms with Crippen molar-refractivity contribution in [2.75, 3.05) is 6.79 Å². The lowest BCUT2D eigenvalue weighted by atomic mass is 10.1. The molecule has 0 bridgehead atoms. The van der Waals surface area contributed by atoms with Crippen molar-refractivity contribution < 1.29 is 28.7 Å². The average molecular weight is 519 g/mol. The van der Waals surface area contributed by atoms with Crippen LogP contribution in [-0.4, -0.2) is 27.3 Å². The van der Waals surface area contributed by atoms with E-state index < -0.39 is 0 Å². The number of aromatic hydroxyl groups is 2.